The van der Waals surface area contributed by atoms with Crippen molar-refractivity contribution in [3.63, 3.8) is 0 Å². The van der Waals surface area contributed by atoms with Gasteiger partial charge in [-0.2, -0.15) is 0 Å². The number of urea groups is 1. The van der Waals surface area contributed by atoms with Crippen molar-refractivity contribution >= 4 is 27.6 Å². The van der Waals surface area contributed by atoms with Crippen LogP contribution in [0.1, 0.15) is 13.3 Å². The number of hydrogen-bond acceptors (Lipinski definition) is 3. The van der Waals surface area contributed by atoms with E-state index in [1.165, 1.54) is 0 Å². The molecule has 0 radical (unpaired) electrons. The van der Waals surface area contributed by atoms with Crippen molar-refractivity contribution in [3.05, 3.63) is 22.7 Å². The maximum absolute atomic E-state index is 12.2. The molecule has 1 saturated heterocycles. The molecule has 1 fully saturated rings. The third kappa shape index (κ3) is 3.43. The van der Waals surface area contributed by atoms with E-state index in [0.717, 1.165) is 16.6 Å². The maximum Gasteiger partial charge on any atom is 0.321 e. The lowest BCUT2D eigenvalue weighted by atomic mass is 10.0. The topological polar surface area (TPSA) is 61.8 Å². The summed E-state index contributed by atoms with van der Waals surface area (Å²) in [5.41, 5.74) is 0.705. The number of nitrogens with zero attached hydrogens (tertiary/aromatic N) is 1. The van der Waals surface area contributed by atoms with Gasteiger partial charge in [0.15, 0.2) is 0 Å². The monoisotopic (exact) mass is 342 g/mol. The van der Waals surface area contributed by atoms with E-state index in [-0.39, 0.29) is 18.1 Å². The van der Waals surface area contributed by atoms with Crippen LogP contribution < -0.4 is 10.1 Å². The van der Waals surface area contributed by atoms with Crippen molar-refractivity contribution < 1.29 is 14.6 Å². The van der Waals surface area contributed by atoms with Crippen molar-refractivity contribution in [1.82, 2.24) is 4.90 Å². The van der Waals surface area contributed by atoms with Crippen LogP contribution in [0.2, 0.25) is 0 Å². The molecule has 5 nitrogen and oxygen atoms in total. The van der Waals surface area contributed by atoms with E-state index in [0.29, 0.717) is 18.8 Å². The Kier molecular flexibility index (Phi) is 4.88. The number of carbonyl (C=O) groups is 1. The van der Waals surface area contributed by atoms with Crippen molar-refractivity contribution in [1.29, 1.82) is 0 Å². The van der Waals surface area contributed by atoms with Gasteiger partial charge in [-0.1, -0.05) is 0 Å². The first-order chi connectivity index (χ1) is 9.51. The summed E-state index contributed by atoms with van der Waals surface area (Å²) < 4.78 is 5.89. The van der Waals surface area contributed by atoms with Crippen LogP contribution in [0, 0.1) is 5.92 Å². The predicted octanol–water partition coefficient (Wildman–Crippen LogP) is 2.69. The minimum atomic E-state index is -0.375. The smallest absolute Gasteiger partial charge is 0.321 e. The molecule has 2 amide bonds. The molecule has 2 rings (SSSR count). The zero-order valence-electron chi connectivity index (χ0n) is 11.6. The van der Waals surface area contributed by atoms with Gasteiger partial charge in [0, 0.05) is 23.5 Å². The molecule has 1 aromatic carbocycles. The molecule has 0 aliphatic carbocycles. The summed E-state index contributed by atoms with van der Waals surface area (Å²) in [6, 6.07) is 5.25. The number of likely N-dealkylation sites (tertiary alicyclic amines) is 1. The van der Waals surface area contributed by atoms with Gasteiger partial charge in [0.05, 0.1) is 18.9 Å². The number of hydrogen-bond donors (Lipinski definition) is 2. The van der Waals surface area contributed by atoms with Crippen LogP contribution in [0.5, 0.6) is 5.75 Å². The number of carbonyl (C=O) groups excluding carboxylic acids is 1. The first-order valence-electron chi connectivity index (χ1n) is 6.58. The van der Waals surface area contributed by atoms with Crippen LogP contribution in [-0.2, 0) is 0 Å². The zero-order valence-corrected chi connectivity index (χ0v) is 13.2. The molecular weight excluding hydrogens is 324 g/mol. The van der Waals surface area contributed by atoms with E-state index in [4.69, 9.17) is 4.74 Å². The van der Waals surface area contributed by atoms with Gasteiger partial charge in [0.25, 0.3) is 0 Å². The Labute approximate surface area is 127 Å². The molecule has 1 aliphatic rings. The van der Waals surface area contributed by atoms with Gasteiger partial charge < -0.3 is 20.1 Å². The predicted molar refractivity (Wildman–Crippen MR) is 81.1 cm³/mol. The number of methoxy groups -OCH3 is 1. The first kappa shape index (κ1) is 15.1. The number of halogens is 1. The van der Waals surface area contributed by atoms with E-state index in [1.807, 2.05) is 0 Å². The summed E-state index contributed by atoms with van der Waals surface area (Å²) in [5, 5.41) is 12.4. The molecule has 1 aromatic rings. The highest BCUT2D eigenvalue weighted by Gasteiger charge is 2.29. The number of amides is 2. The van der Waals surface area contributed by atoms with Gasteiger partial charge in [-0.15, -0.1) is 0 Å². The minimum Gasteiger partial charge on any atom is -0.497 e. The zero-order chi connectivity index (χ0) is 14.7. The van der Waals surface area contributed by atoms with Crippen molar-refractivity contribution in [3.8, 4) is 5.75 Å². The van der Waals surface area contributed by atoms with Crippen LogP contribution in [0.3, 0.4) is 0 Å². The molecule has 6 heteroatoms. The fourth-order valence-corrected chi connectivity index (χ4v) is 2.74. The number of nitrogens with one attached hydrogen (secondary N) is 1. The molecule has 1 heterocycles. The second-order valence-corrected chi connectivity index (χ2v) is 5.87. The summed E-state index contributed by atoms with van der Waals surface area (Å²) in [6.45, 7) is 3.04. The number of benzene rings is 1. The number of ether oxygens (including phenoxy) is 1. The second-order valence-electron chi connectivity index (χ2n) is 5.01. The summed E-state index contributed by atoms with van der Waals surface area (Å²) >= 11 is 3.41. The highest BCUT2D eigenvalue weighted by molar-refractivity contribution is 9.10. The van der Waals surface area contributed by atoms with E-state index in [9.17, 15) is 9.90 Å². The molecule has 0 spiro atoms. The SMILES string of the molecule is COc1ccc(NC(=O)N2CC[C@@H]([C@@H](C)O)C2)c(Br)c1. The highest BCUT2D eigenvalue weighted by Crippen LogP contribution is 2.28. The second kappa shape index (κ2) is 6.45. The van der Waals surface area contributed by atoms with E-state index < -0.39 is 0 Å². The van der Waals surface area contributed by atoms with Gasteiger partial charge in [0.1, 0.15) is 5.75 Å². The van der Waals surface area contributed by atoms with Crippen LogP contribution in [0.25, 0.3) is 0 Å². The molecule has 110 valence electrons. The Morgan fingerprint density at radius 2 is 2.35 bits per heavy atom. The summed E-state index contributed by atoms with van der Waals surface area (Å²) in [5.74, 6) is 0.894. The van der Waals surface area contributed by atoms with Gasteiger partial charge in [-0.3, -0.25) is 0 Å². The largest absolute Gasteiger partial charge is 0.497 e. The summed E-state index contributed by atoms with van der Waals surface area (Å²) in [4.78, 5) is 13.9. The number of anilines is 1. The fraction of sp³-hybridized carbons (Fsp3) is 0.500. The maximum atomic E-state index is 12.2. The quantitative estimate of drug-likeness (QED) is 0.887. The Hall–Kier alpha value is -1.27. The Bertz CT molecular complexity index is 493. The Morgan fingerprint density at radius 3 is 2.90 bits per heavy atom. The average Bonchev–Trinajstić information content (AvgIpc) is 2.91. The lowest BCUT2D eigenvalue weighted by molar-refractivity contribution is 0.130. The lowest BCUT2D eigenvalue weighted by Crippen LogP contribution is -2.34. The first-order valence-corrected chi connectivity index (χ1v) is 7.38. The van der Waals surface area contributed by atoms with Crippen LogP contribution in [0.15, 0.2) is 22.7 Å². The van der Waals surface area contributed by atoms with Gasteiger partial charge >= 0.3 is 6.03 Å². The average molecular weight is 343 g/mol. The van der Waals surface area contributed by atoms with Gasteiger partial charge in [-0.25, -0.2) is 4.79 Å². The van der Waals surface area contributed by atoms with E-state index in [1.54, 1.807) is 37.1 Å². The van der Waals surface area contributed by atoms with Gasteiger partial charge in [0.2, 0.25) is 0 Å². The minimum absolute atomic E-state index is 0.140. The number of aliphatic hydroxyl groups is 1. The van der Waals surface area contributed by atoms with E-state index >= 15 is 0 Å². The lowest BCUT2D eigenvalue weighted by Gasteiger charge is -2.19. The molecule has 0 unspecified atom stereocenters. The molecular formula is C14H19BrN2O3. The van der Waals surface area contributed by atoms with Crippen LogP contribution >= 0.6 is 15.9 Å². The van der Waals surface area contributed by atoms with E-state index in [2.05, 4.69) is 21.2 Å². The fourth-order valence-electron chi connectivity index (χ4n) is 2.28. The molecule has 20 heavy (non-hydrogen) atoms. The Morgan fingerprint density at radius 1 is 1.60 bits per heavy atom. The number of rotatable bonds is 3. The Balaban J connectivity index is 1.98. The highest BCUT2D eigenvalue weighted by atomic mass is 79.9. The third-order valence-electron chi connectivity index (χ3n) is 3.61. The van der Waals surface area contributed by atoms with Crippen molar-refractivity contribution in [2.75, 3.05) is 25.5 Å². The molecule has 1 aliphatic heterocycles. The standard InChI is InChI=1S/C14H19BrN2O3/c1-9(18)10-5-6-17(8-10)14(19)16-13-4-3-11(20-2)7-12(13)15/h3-4,7,9-10,18H,5-6,8H2,1-2H3,(H,16,19)/t9-,10-/m1/s1. The third-order valence-corrected chi connectivity index (χ3v) is 4.27. The summed E-state index contributed by atoms with van der Waals surface area (Å²) in [6.07, 6.45) is 0.468. The van der Waals surface area contributed by atoms with Crippen molar-refractivity contribution in [2.24, 2.45) is 5.92 Å². The van der Waals surface area contributed by atoms with Crippen LogP contribution in [0.4, 0.5) is 10.5 Å². The normalized spacial score (nSPS) is 19.8. The molecule has 0 saturated carbocycles. The molecule has 0 aromatic heterocycles. The van der Waals surface area contributed by atoms with Crippen LogP contribution in [-0.4, -0.2) is 42.3 Å². The molecule has 0 bridgehead atoms. The molecule has 2 atom stereocenters. The number of aliphatic hydroxyl groups excluding tert-OH is 1. The summed E-state index contributed by atoms with van der Waals surface area (Å²) in [7, 11) is 1.60. The van der Waals surface area contributed by atoms with Crippen molar-refractivity contribution in [2.45, 2.75) is 19.4 Å². The van der Waals surface area contributed by atoms with Gasteiger partial charge in [-0.05, 0) is 47.5 Å². The molecule has 2 N–H and O–H groups in total.